The highest BCUT2D eigenvalue weighted by molar-refractivity contribution is 5.60. The summed E-state index contributed by atoms with van der Waals surface area (Å²) >= 11 is 0. The first-order valence-corrected chi connectivity index (χ1v) is 6.99. The van der Waals surface area contributed by atoms with E-state index in [1.165, 1.54) is 45.5 Å². The molecule has 1 aromatic heterocycles. The fourth-order valence-electron chi connectivity index (χ4n) is 2.68. The van der Waals surface area contributed by atoms with Gasteiger partial charge in [-0.2, -0.15) is 4.98 Å². The molecular formula is C13H20N4O3. The second-order valence-corrected chi connectivity index (χ2v) is 5.06. The first kappa shape index (κ1) is 14.5. The van der Waals surface area contributed by atoms with Crippen LogP contribution in [0.4, 0.5) is 11.5 Å². The van der Waals surface area contributed by atoms with Gasteiger partial charge in [-0.25, -0.2) is 4.98 Å². The Bertz CT molecular complexity index is 461. The molecule has 0 amide bonds. The quantitative estimate of drug-likeness (QED) is 0.636. The Morgan fingerprint density at radius 3 is 2.80 bits per heavy atom. The fourth-order valence-corrected chi connectivity index (χ4v) is 2.68. The van der Waals surface area contributed by atoms with E-state index in [0.717, 1.165) is 12.3 Å². The molecule has 7 heteroatoms. The van der Waals surface area contributed by atoms with E-state index < -0.39 is 4.92 Å². The summed E-state index contributed by atoms with van der Waals surface area (Å²) in [7, 11) is 1.36. The highest BCUT2D eigenvalue weighted by atomic mass is 16.6. The number of hydrogen-bond donors (Lipinski definition) is 1. The van der Waals surface area contributed by atoms with Crippen LogP contribution in [0.15, 0.2) is 6.33 Å². The molecule has 1 fully saturated rings. The van der Waals surface area contributed by atoms with E-state index in [1.54, 1.807) is 0 Å². The summed E-state index contributed by atoms with van der Waals surface area (Å²) < 4.78 is 4.91. The molecule has 0 saturated heterocycles. The van der Waals surface area contributed by atoms with Crippen LogP contribution in [0.3, 0.4) is 0 Å². The third-order valence-electron chi connectivity index (χ3n) is 3.73. The Balaban J connectivity index is 1.96. The molecule has 0 aromatic carbocycles. The summed E-state index contributed by atoms with van der Waals surface area (Å²) in [6, 6.07) is 0. The highest BCUT2D eigenvalue weighted by Crippen LogP contribution is 2.31. The van der Waals surface area contributed by atoms with Gasteiger partial charge in [0.1, 0.15) is 6.33 Å². The van der Waals surface area contributed by atoms with Gasteiger partial charge in [0.25, 0.3) is 5.88 Å². The van der Waals surface area contributed by atoms with Crippen LogP contribution in [-0.4, -0.2) is 28.5 Å². The van der Waals surface area contributed by atoms with Gasteiger partial charge in [0.2, 0.25) is 5.82 Å². The molecule has 1 heterocycles. The number of aromatic nitrogens is 2. The van der Waals surface area contributed by atoms with Crippen molar-refractivity contribution in [1.29, 1.82) is 0 Å². The van der Waals surface area contributed by atoms with Crippen molar-refractivity contribution in [2.24, 2.45) is 5.92 Å². The summed E-state index contributed by atoms with van der Waals surface area (Å²) in [4.78, 5) is 18.3. The standard InChI is InChI=1S/C13H20N4O3/c1-20-13-11(17(18)19)12(15-9-16-13)14-8-7-10-5-3-2-4-6-10/h9-10H,2-8H2,1H3,(H,14,15,16). The molecule has 0 atom stereocenters. The first-order valence-electron chi connectivity index (χ1n) is 6.99. The lowest BCUT2D eigenvalue weighted by Gasteiger charge is -2.21. The molecule has 0 unspecified atom stereocenters. The summed E-state index contributed by atoms with van der Waals surface area (Å²) in [5.74, 6) is 0.946. The van der Waals surface area contributed by atoms with E-state index in [9.17, 15) is 10.1 Å². The Morgan fingerprint density at radius 1 is 1.40 bits per heavy atom. The molecule has 1 N–H and O–H groups in total. The molecule has 1 aliphatic carbocycles. The van der Waals surface area contributed by atoms with Gasteiger partial charge < -0.3 is 10.1 Å². The maximum atomic E-state index is 11.1. The number of nitrogens with zero attached hydrogens (tertiary/aromatic N) is 3. The van der Waals surface area contributed by atoms with Crippen LogP contribution >= 0.6 is 0 Å². The van der Waals surface area contributed by atoms with Crippen molar-refractivity contribution in [2.45, 2.75) is 38.5 Å². The van der Waals surface area contributed by atoms with Crippen LogP contribution in [-0.2, 0) is 0 Å². The monoisotopic (exact) mass is 280 g/mol. The van der Waals surface area contributed by atoms with Gasteiger partial charge in [0.15, 0.2) is 0 Å². The van der Waals surface area contributed by atoms with Crippen LogP contribution in [0.1, 0.15) is 38.5 Å². The van der Waals surface area contributed by atoms with Crippen LogP contribution in [0.2, 0.25) is 0 Å². The molecule has 20 heavy (non-hydrogen) atoms. The van der Waals surface area contributed by atoms with Crippen molar-refractivity contribution in [2.75, 3.05) is 19.0 Å². The topological polar surface area (TPSA) is 90.2 Å². The lowest BCUT2D eigenvalue weighted by molar-refractivity contribution is -0.385. The maximum Gasteiger partial charge on any atom is 0.372 e. The zero-order valence-electron chi connectivity index (χ0n) is 11.7. The Morgan fingerprint density at radius 2 is 2.15 bits per heavy atom. The summed E-state index contributed by atoms with van der Waals surface area (Å²) in [5, 5.41) is 14.1. The zero-order chi connectivity index (χ0) is 14.4. The average Bonchev–Trinajstić information content (AvgIpc) is 2.47. The SMILES string of the molecule is COc1ncnc(NCCC2CCCCC2)c1[N+](=O)[O-]. The summed E-state index contributed by atoms with van der Waals surface area (Å²) in [5.41, 5.74) is -0.196. The largest absolute Gasteiger partial charge is 0.476 e. The van der Waals surface area contributed by atoms with Crippen molar-refractivity contribution < 1.29 is 9.66 Å². The molecule has 1 aromatic rings. The van der Waals surface area contributed by atoms with E-state index in [2.05, 4.69) is 15.3 Å². The molecule has 7 nitrogen and oxygen atoms in total. The van der Waals surface area contributed by atoms with E-state index in [0.29, 0.717) is 6.54 Å². The van der Waals surface area contributed by atoms with Crippen molar-refractivity contribution in [3.63, 3.8) is 0 Å². The highest BCUT2D eigenvalue weighted by Gasteiger charge is 2.23. The van der Waals surface area contributed by atoms with Crippen LogP contribution < -0.4 is 10.1 Å². The van der Waals surface area contributed by atoms with Crippen molar-refractivity contribution >= 4 is 11.5 Å². The molecule has 110 valence electrons. The second-order valence-electron chi connectivity index (χ2n) is 5.06. The molecule has 1 aliphatic rings. The molecule has 1 saturated carbocycles. The second kappa shape index (κ2) is 7.02. The number of nitrogens with one attached hydrogen (secondary N) is 1. The van der Waals surface area contributed by atoms with E-state index in [-0.39, 0.29) is 17.4 Å². The summed E-state index contributed by atoms with van der Waals surface area (Å²) in [6.45, 7) is 0.686. The molecule has 0 spiro atoms. The number of hydrogen-bond acceptors (Lipinski definition) is 6. The van der Waals surface area contributed by atoms with Crippen molar-refractivity contribution in [1.82, 2.24) is 9.97 Å². The third-order valence-corrected chi connectivity index (χ3v) is 3.73. The molecule has 0 radical (unpaired) electrons. The lowest BCUT2D eigenvalue weighted by atomic mass is 9.87. The third kappa shape index (κ3) is 3.55. The molecular weight excluding hydrogens is 260 g/mol. The zero-order valence-corrected chi connectivity index (χ0v) is 11.7. The fraction of sp³-hybridized carbons (Fsp3) is 0.692. The van der Waals surface area contributed by atoms with Gasteiger partial charge in [-0.1, -0.05) is 32.1 Å². The van der Waals surface area contributed by atoms with E-state index in [4.69, 9.17) is 4.74 Å². The first-order chi connectivity index (χ1) is 9.72. The van der Waals surface area contributed by atoms with Crippen LogP contribution in [0.5, 0.6) is 5.88 Å². The van der Waals surface area contributed by atoms with Gasteiger partial charge in [0.05, 0.1) is 12.0 Å². The molecule has 2 rings (SSSR count). The Kier molecular flexibility index (Phi) is 5.09. The molecule has 0 bridgehead atoms. The smallest absolute Gasteiger partial charge is 0.372 e. The van der Waals surface area contributed by atoms with Crippen LogP contribution in [0.25, 0.3) is 0 Å². The van der Waals surface area contributed by atoms with Gasteiger partial charge in [-0.15, -0.1) is 0 Å². The minimum atomic E-state index is -0.512. The number of ether oxygens (including phenoxy) is 1. The normalized spacial score (nSPS) is 15.8. The number of anilines is 1. The maximum absolute atomic E-state index is 11.1. The van der Waals surface area contributed by atoms with Crippen LogP contribution in [0, 0.1) is 16.0 Å². The Hall–Kier alpha value is -1.92. The predicted molar refractivity (Wildman–Crippen MR) is 74.9 cm³/mol. The van der Waals surface area contributed by atoms with E-state index >= 15 is 0 Å². The minimum Gasteiger partial charge on any atom is -0.476 e. The van der Waals surface area contributed by atoms with E-state index in [1.807, 2.05) is 0 Å². The number of nitro groups is 1. The predicted octanol–water partition coefficient (Wildman–Crippen LogP) is 2.78. The van der Waals surface area contributed by atoms with Gasteiger partial charge in [-0.05, 0) is 12.3 Å². The number of methoxy groups -OCH3 is 1. The Labute approximate surface area is 117 Å². The van der Waals surface area contributed by atoms with Gasteiger partial charge >= 0.3 is 5.69 Å². The molecule has 0 aliphatic heterocycles. The number of rotatable bonds is 6. The lowest BCUT2D eigenvalue weighted by Crippen LogP contribution is -2.14. The summed E-state index contributed by atoms with van der Waals surface area (Å²) in [6.07, 6.45) is 8.74. The average molecular weight is 280 g/mol. The minimum absolute atomic E-state index is 0.00911. The van der Waals surface area contributed by atoms with Crippen molar-refractivity contribution in [3.05, 3.63) is 16.4 Å². The van der Waals surface area contributed by atoms with Crippen molar-refractivity contribution in [3.8, 4) is 5.88 Å². The van der Waals surface area contributed by atoms with Gasteiger partial charge in [-0.3, -0.25) is 10.1 Å². The van der Waals surface area contributed by atoms with Gasteiger partial charge in [0, 0.05) is 6.54 Å².